The fourth-order valence-electron chi connectivity index (χ4n) is 3.21. The molecule has 0 saturated heterocycles. The summed E-state index contributed by atoms with van der Waals surface area (Å²) >= 11 is 1.01. The van der Waals surface area contributed by atoms with Gasteiger partial charge in [-0.3, -0.25) is 19.1 Å². The van der Waals surface area contributed by atoms with Crippen molar-refractivity contribution in [2.24, 2.45) is 7.05 Å². The van der Waals surface area contributed by atoms with Gasteiger partial charge >= 0.3 is 18.0 Å². The summed E-state index contributed by atoms with van der Waals surface area (Å²) < 4.78 is 77.8. The third-order valence-corrected chi connectivity index (χ3v) is 5.93. The first-order valence-electron chi connectivity index (χ1n) is 10.2. The van der Waals surface area contributed by atoms with Gasteiger partial charge in [0, 0.05) is 24.2 Å². The molecule has 0 spiro atoms. The first kappa shape index (κ1) is 27.7. The molecule has 0 unspecified atom stereocenters. The molecule has 3 rings (SSSR count). The maximum absolute atomic E-state index is 12.9. The fourth-order valence-corrected chi connectivity index (χ4v) is 3.94. The van der Waals surface area contributed by atoms with Crippen LogP contribution in [0.25, 0.3) is 10.6 Å². The van der Waals surface area contributed by atoms with Crippen molar-refractivity contribution in [3.8, 4) is 10.6 Å². The monoisotopic (exact) mass is 551 g/mol. The highest BCUT2D eigenvalue weighted by Gasteiger charge is 2.34. The number of nitrogen functional groups attached to an aromatic ring is 1. The van der Waals surface area contributed by atoms with E-state index in [0.717, 1.165) is 24.6 Å². The van der Waals surface area contributed by atoms with E-state index in [2.05, 4.69) is 20.6 Å². The van der Waals surface area contributed by atoms with Gasteiger partial charge in [0.25, 0.3) is 5.56 Å². The average Bonchev–Trinajstić information content (AvgIpc) is 3.25. The van der Waals surface area contributed by atoms with Crippen LogP contribution in [0.5, 0.6) is 0 Å². The van der Waals surface area contributed by atoms with Gasteiger partial charge in [-0.25, -0.2) is 14.3 Å². The zero-order valence-corrected chi connectivity index (χ0v) is 20.1. The summed E-state index contributed by atoms with van der Waals surface area (Å²) in [6.07, 6.45) is -8.48. The lowest BCUT2D eigenvalue weighted by molar-refractivity contribution is -0.142. The molecule has 1 amide bonds. The molecule has 3 aromatic rings. The topological polar surface area (TPSA) is 137 Å². The van der Waals surface area contributed by atoms with E-state index in [0.29, 0.717) is 4.57 Å². The minimum atomic E-state index is -4.87. The summed E-state index contributed by atoms with van der Waals surface area (Å²) in [5.74, 6) is -1.22. The van der Waals surface area contributed by atoms with E-state index in [4.69, 9.17) is 5.73 Å². The van der Waals surface area contributed by atoms with Crippen LogP contribution in [0.4, 0.5) is 43.7 Å². The molecule has 1 atom stereocenters. The number of pyridine rings is 1. The Morgan fingerprint density at radius 3 is 2.43 bits per heavy atom. The van der Waals surface area contributed by atoms with Crippen molar-refractivity contribution in [3.05, 3.63) is 49.7 Å². The largest absolute Gasteiger partial charge is 0.433 e. The molecule has 0 aliphatic rings. The van der Waals surface area contributed by atoms with Crippen LogP contribution in [-0.4, -0.2) is 37.2 Å². The zero-order chi connectivity index (χ0) is 27.9. The van der Waals surface area contributed by atoms with Gasteiger partial charge < -0.3 is 16.4 Å². The van der Waals surface area contributed by atoms with Crippen molar-refractivity contribution >= 4 is 34.6 Å². The average molecular weight is 551 g/mol. The van der Waals surface area contributed by atoms with E-state index in [-0.39, 0.29) is 26.5 Å². The normalized spacial score (nSPS) is 12.9. The van der Waals surface area contributed by atoms with E-state index in [9.17, 15) is 40.7 Å². The molecule has 37 heavy (non-hydrogen) atoms. The number of hydrogen-bond acceptors (Lipinski definition) is 8. The molecule has 3 aromatic heterocycles. The number of carbonyl (C=O) groups excluding carboxylic acids is 1. The summed E-state index contributed by atoms with van der Waals surface area (Å²) in [6, 6.07) is 0.0192. The second kappa shape index (κ2) is 9.87. The number of hydrogen-bond donors (Lipinski definition) is 3. The molecule has 0 bridgehead atoms. The van der Waals surface area contributed by atoms with Gasteiger partial charge in [-0.2, -0.15) is 26.3 Å². The van der Waals surface area contributed by atoms with Crippen LogP contribution >= 0.6 is 11.3 Å². The van der Waals surface area contributed by atoms with Gasteiger partial charge in [-0.05, 0) is 25.5 Å². The minimum Gasteiger partial charge on any atom is -0.383 e. The number of nitrogens with one attached hydrogen (secondary N) is 2. The number of thiazole rings is 1. The van der Waals surface area contributed by atoms with Crippen LogP contribution in [-0.2, 0) is 24.6 Å². The Bertz CT molecular complexity index is 1460. The summed E-state index contributed by atoms with van der Waals surface area (Å²) in [5, 5.41) is 6.51. The lowest BCUT2D eigenvalue weighted by Crippen LogP contribution is -2.45. The number of anilines is 3. The van der Waals surface area contributed by atoms with Crippen molar-refractivity contribution in [2.75, 3.05) is 16.4 Å². The number of aryl methyl sites for hydroxylation is 1. The molecule has 0 aliphatic heterocycles. The number of nitrogens with two attached hydrogens (primary N) is 1. The maximum atomic E-state index is 12.9. The quantitative estimate of drug-likeness (QED) is 0.401. The van der Waals surface area contributed by atoms with Crippen molar-refractivity contribution in [1.29, 1.82) is 0 Å². The molecule has 0 aliphatic carbocycles. The number of nitrogens with zero attached hydrogens (tertiary/aromatic N) is 4. The first-order valence-corrected chi connectivity index (χ1v) is 11.1. The zero-order valence-electron chi connectivity index (χ0n) is 19.3. The summed E-state index contributed by atoms with van der Waals surface area (Å²) in [6.45, 7) is 0.675. The van der Waals surface area contributed by atoms with E-state index in [1.165, 1.54) is 25.3 Å². The second-order valence-corrected chi connectivity index (χ2v) is 8.75. The van der Waals surface area contributed by atoms with Gasteiger partial charge in [0.15, 0.2) is 0 Å². The van der Waals surface area contributed by atoms with Crippen LogP contribution in [0.2, 0.25) is 0 Å². The van der Waals surface area contributed by atoms with E-state index in [1.807, 2.05) is 0 Å². The Kier molecular flexibility index (Phi) is 7.39. The third-order valence-electron chi connectivity index (χ3n) is 5.04. The molecular weight excluding hydrogens is 532 g/mol. The molecule has 200 valence electrons. The number of amides is 1. The Morgan fingerprint density at radius 1 is 1.22 bits per heavy atom. The summed E-state index contributed by atoms with van der Waals surface area (Å²) in [4.78, 5) is 44.8. The smallest absolute Gasteiger partial charge is 0.383 e. The number of halogens is 6. The van der Waals surface area contributed by atoms with Crippen molar-refractivity contribution in [2.45, 2.75) is 38.8 Å². The summed E-state index contributed by atoms with van der Waals surface area (Å²) in [5.41, 5.74) is 1.62. The van der Waals surface area contributed by atoms with Crippen LogP contribution in [0.1, 0.15) is 18.2 Å². The number of alkyl halides is 6. The molecule has 10 nitrogen and oxygen atoms in total. The first-order chi connectivity index (χ1) is 17.0. The molecule has 0 aromatic carbocycles. The van der Waals surface area contributed by atoms with E-state index < -0.39 is 59.3 Å². The molecule has 4 N–H and O–H groups in total. The fraction of sp³-hybridized carbons (Fsp3) is 0.350. The highest BCUT2D eigenvalue weighted by Crippen LogP contribution is 2.33. The van der Waals surface area contributed by atoms with Crippen LogP contribution in [0.3, 0.4) is 0 Å². The SMILES string of the molecule is Cc1cc(-c2nc(NC(=O)[C@H](C)Nc3c(N)n(C)c(=O)n(CC(F)(F)F)c3=O)cs2)cnc1C(F)(F)F. The van der Waals surface area contributed by atoms with Gasteiger partial charge in [-0.1, -0.05) is 0 Å². The molecule has 0 fully saturated rings. The van der Waals surface area contributed by atoms with Crippen molar-refractivity contribution in [3.63, 3.8) is 0 Å². The molecule has 0 saturated carbocycles. The Morgan fingerprint density at radius 2 is 1.86 bits per heavy atom. The second-order valence-electron chi connectivity index (χ2n) is 7.89. The van der Waals surface area contributed by atoms with Gasteiger partial charge in [-0.15, -0.1) is 11.3 Å². The Balaban J connectivity index is 1.79. The number of carbonyl (C=O) groups is 1. The van der Waals surface area contributed by atoms with Gasteiger partial charge in [0.05, 0.1) is 0 Å². The van der Waals surface area contributed by atoms with Crippen LogP contribution < -0.4 is 27.6 Å². The number of rotatable bonds is 6. The van der Waals surface area contributed by atoms with Crippen molar-refractivity contribution < 1.29 is 31.1 Å². The molecule has 0 radical (unpaired) electrons. The highest BCUT2D eigenvalue weighted by molar-refractivity contribution is 7.13. The number of aromatic nitrogens is 4. The van der Waals surface area contributed by atoms with Crippen molar-refractivity contribution in [1.82, 2.24) is 19.1 Å². The van der Waals surface area contributed by atoms with Crippen LogP contribution in [0.15, 0.2) is 27.2 Å². The lowest BCUT2D eigenvalue weighted by atomic mass is 10.1. The molecule has 3 heterocycles. The molecule has 17 heteroatoms. The Hall–Kier alpha value is -3.89. The standard InChI is InChI=1S/C20H19F6N7O3S/c1-8-4-10(5-28-13(8)20(24,25)26)16-31-11(6-37-16)30-15(34)9(2)29-12-14(27)32(3)18(36)33(17(12)35)7-19(21,22)23/h4-6,9,29H,7,27H2,1-3H3,(H,30,34)/t9-/m0/s1. The third kappa shape index (κ3) is 6.10. The van der Waals surface area contributed by atoms with Gasteiger partial charge in [0.2, 0.25) is 5.91 Å². The summed E-state index contributed by atoms with van der Waals surface area (Å²) in [7, 11) is 1.06. The predicted octanol–water partition coefficient (Wildman–Crippen LogP) is 2.98. The highest BCUT2D eigenvalue weighted by atomic mass is 32.1. The lowest BCUT2D eigenvalue weighted by Gasteiger charge is -2.19. The van der Waals surface area contributed by atoms with E-state index >= 15 is 0 Å². The molecular formula is C20H19F6N7O3S. The minimum absolute atomic E-state index is 0.0270. The maximum Gasteiger partial charge on any atom is 0.433 e. The van der Waals surface area contributed by atoms with Crippen LogP contribution in [0, 0.1) is 6.92 Å². The Labute approximate surface area is 207 Å². The predicted molar refractivity (Wildman–Crippen MR) is 123 cm³/mol. The van der Waals surface area contributed by atoms with E-state index in [1.54, 1.807) is 0 Å². The van der Waals surface area contributed by atoms with Gasteiger partial charge in [0.1, 0.15) is 40.6 Å².